The van der Waals surface area contributed by atoms with Gasteiger partial charge in [-0.15, -0.1) is 11.6 Å². The van der Waals surface area contributed by atoms with Gasteiger partial charge in [0.1, 0.15) is 0 Å². The van der Waals surface area contributed by atoms with E-state index in [4.69, 9.17) is 11.6 Å². The Balaban J connectivity index is 2.04. The zero-order valence-electron chi connectivity index (χ0n) is 7.56. The molecule has 0 unspecified atom stereocenters. The minimum absolute atomic E-state index is 0.519. The van der Waals surface area contributed by atoms with E-state index in [1.807, 2.05) is 0 Å². The number of hydrogen-bond acceptors (Lipinski definition) is 0. The van der Waals surface area contributed by atoms with Gasteiger partial charge in [-0.05, 0) is 49.9 Å². The molecule has 0 nitrogen and oxygen atoms in total. The average molecular weight is 185 g/mol. The summed E-state index contributed by atoms with van der Waals surface area (Å²) in [6.07, 6.45) is 12.7. The topological polar surface area (TPSA) is 0 Å². The summed E-state index contributed by atoms with van der Waals surface area (Å²) in [6.45, 7) is 0. The molecule has 68 valence electrons. The van der Waals surface area contributed by atoms with Crippen molar-refractivity contribution in [1.29, 1.82) is 0 Å². The summed E-state index contributed by atoms with van der Waals surface area (Å²) in [4.78, 5) is 0. The maximum absolute atomic E-state index is 6.12. The van der Waals surface area contributed by atoms with Crippen molar-refractivity contribution in [3.8, 4) is 0 Å². The molecule has 0 spiro atoms. The van der Waals surface area contributed by atoms with Crippen LogP contribution in [0.15, 0.2) is 12.2 Å². The first-order valence-corrected chi connectivity index (χ1v) is 5.62. The number of halogens is 1. The molecule has 2 rings (SSSR count). The third kappa shape index (κ3) is 1.54. The van der Waals surface area contributed by atoms with E-state index >= 15 is 0 Å². The van der Waals surface area contributed by atoms with Crippen LogP contribution in [-0.2, 0) is 0 Å². The summed E-state index contributed by atoms with van der Waals surface area (Å²) in [7, 11) is 0. The van der Waals surface area contributed by atoms with E-state index in [2.05, 4.69) is 12.2 Å². The molecule has 0 atom stereocenters. The Bertz CT molecular complexity index is 169. The smallest absolute Gasteiger partial charge is 0.0282 e. The molecule has 1 heteroatoms. The maximum Gasteiger partial charge on any atom is 0.0282 e. The molecule has 0 amide bonds. The van der Waals surface area contributed by atoms with Crippen LogP contribution in [0.2, 0.25) is 0 Å². The fourth-order valence-electron chi connectivity index (χ4n) is 2.45. The molecule has 0 heterocycles. The monoisotopic (exact) mass is 184 g/mol. The van der Waals surface area contributed by atoms with Gasteiger partial charge in [0.05, 0.1) is 0 Å². The van der Waals surface area contributed by atoms with Crippen molar-refractivity contribution >= 4 is 11.6 Å². The molecular formula is C11H17Cl. The molecule has 12 heavy (non-hydrogen) atoms. The molecule has 0 aromatic rings. The quantitative estimate of drug-likeness (QED) is 0.453. The van der Waals surface area contributed by atoms with Gasteiger partial charge in [-0.25, -0.2) is 0 Å². The number of hydrogen-bond donors (Lipinski definition) is 0. The lowest BCUT2D eigenvalue weighted by Gasteiger charge is -2.30. The van der Waals surface area contributed by atoms with Gasteiger partial charge in [0.25, 0.3) is 0 Å². The minimum atomic E-state index is 0.519. The van der Waals surface area contributed by atoms with Crippen LogP contribution < -0.4 is 0 Å². The Labute approximate surface area is 80.0 Å². The van der Waals surface area contributed by atoms with Crippen LogP contribution in [0.4, 0.5) is 0 Å². The predicted octanol–water partition coefficient (Wildman–Crippen LogP) is 3.75. The van der Waals surface area contributed by atoms with Crippen molar-refractivity contribution in [3.05, 3.63) is 12.2 Å². The largest absolute Gasteiger partial charge is 0.126 e. The molecule has 1 saturated carbocycles. The summed E-state index contributed by atoms with van der Waals surface area (Å²) in [5.41, 5.74) is 0.519. The second kappa shape index (κ2) is 3.41. The van der Waals surface area contributed by atoms with Crippen LogP contribution in [0.3, 0.4) is 0 Å². The Morgan fingerprint density at radius 2 is 1.75 bits per heavy atom. The highest BCUT2D eigenvalue weighted by atomic mass is 35.5. The van der Waals surface area contributed by atoms with E-state index in [-0.39, 0.29) is 0 Å². The van der Waals surface area contributed by atoms with Gasteiger partial charge >= 0.3 is 0 Å². The lowest BCUT2D eigenvalue weighted by Crippen LogP contribution is -2.24. The Kier molecular flexibility index (Phi) is 2.45. The zero-order valence-corrected chi connectivity index (χ0v) is 8.32. The zero-order chi connectivity index (χ0) is 8.44. The summed E-state index contributed by atoms with van der Waals surface area (Å²) in [5.74, 6) is 1.86. The maximum atomic E-state index is 6.12. The van der Waals surface area contributed by atoms with E-state index in [1.165, 1.54) is 38.5 Å². The normalized spacial score (nSPS) is 28.4. The first kappa shape index (κ1) is 8.62. The van der Waals surface area contributed by atoms with Crippen LogP contribution in [0, 0.1) is 11.3 Å². The summed E-state index contributed by atoms with van der Waals surface area (Å²) >= 11 is 6.12. The van der Waals surface area contributed by atoms with Crippen molar-refractivity contribution < 1.29 is 0 Å². The molecular weight excluding hydrogens is 168 g/mol. The van der Waals surface area contributed by atoms with E-state index in [1.54, 1.807) is 0 Å². The van der Waals surface area contributed by atoms with Gasteiger partial charge in [-0.3, -0.25) is 0 Å². The molecule has 2 aliphatic rings. The van der Waals surface area contributed by atoms with Gasteiger partial charge in [-0.1, -0.05) is 12.2 Å². The predicted molar refractivity (Wildman–Crippen MR) is 53.5 cm³/mol. The van der Waals surface area contributed by atoms with Crippen molar-refractivity contribution in [1.82, 2.24) is 0 Å². The van der Waals surface area contributed by atoms with E-state index in [0.717, 1.165) is 11.8 Å². The summed E-state index contributed by atoms with van der Waals surface area (Å²) in [5, 5.41) is 0. The lowest BCUT2D eigenvalue weighted by atomic mass is 9.77. The molecule has 0 aromatic carbocycles. The van der Waals surface area contributed by atoms with Crippen molar-refractivity contribution in [2.75, 3.05) is 5.88 Å². The van der Waals surface area contributed by atoms with Crippen molar-refractivity contribution in [2.45, 2.75) is 38.5 Å². The molecule has 2 aliphatic carbocycles. The van der Waals surface area contributed by atoms with Crippen molar-refractivity contribution in [2.24, 2.45) is 11.3 Å². The molecule has 0 saturated heterocycles. The molecule has 0 aromatic heterocycles. The minimum Gasteiger partial charge on any atom is -0.126 e. The highest BCUT2D eigenvalue weighted by Gasteiger charge is 2.43. The van der Waals surface area contributed by atoms with Crippen LogP contribution in [0.5, 0.6) is 0 Å². The SMILES string of the molecule is ClCC1(C2CC2)CCC=CCC1. The first-order valence-electron chi connectivity index (χ1n) is 5.08. The molecule has 0 bridgehead atoms. The molecule has 1 fully saturated rings. The Hall–Kier alpha value is 0.0300. The van der Waals surface area contributed by atoms with E-state index in [9.17, 15) is 0 Å². The number of alkyl halides is 1. The fraction of sp³-hybridized carbons (Fsp3) is 0.818. The molecule has 0 radical (unpaired) electrons. The highest BCUT2D eigenvalue weighted by molar-refractivity contribution is 6.18. The third-order valence-electron chi connectivity index (χ3n) is 3.49. The second-order valence-electron chi connectivity index (χ2n) is 4.32. The third-order valence-corrected chi connectivity index (χ3v) is 4.03. The summed E-state index contributed by atoms with van der Waals surface area (Å²) < 4.78 is 0. The van der Waals surface area contributed by atoms with Crippen molar-refractivity contribution in [3.63, 3.8) is 0 Å². The van der Waals surface area contributed by atoms with Gasteiger partial charge < -0.3 is 0 Å². The Morgan fingerprint density at radius 1 is 1.17 bits per heavy atom. The van der Waals surface area contributed by atoms with Gasteiger partial charge in [-0.2, -0.15) is 0 Å². The molecule has 0 N–H and O–H groups in total. The number of allylic oxidation sites excluding steroid dienone is 2. The van der Waals surface area contributed by atoms with Crippen LogP contribution in [-0.4, -0.2) is 5.88 Å². The van der Waals surface area contributed by atoms with Gasteiger partial charge in [0, 0.05) is 5.88 Å². The second-order valence-corrected chi connectivity index (χ2v) is 4.59. The van der Waals surface area contributed by atoms with Crippen LogP contribution >= 0.6 is 11.6 Å². The summed E-state index contributed by atoms with van der Waals surface area (Å²) in [6, 6.07) is 0. The van der Waals surface area contributed by atoms with Crippen LogP contribution in [0.1, 0.15) is 38.5 Å². The Morgan fingerprint density at radius 3 is 2.17 bits per heavy atom. The first-order chi connectivity index (χ1) is 5.87. The van der Waals surface area contributed by atoms with Crippen LogP contribution in [0.25, 0.3) is 0 Å². The number of rotatable bonds is 2. The average Bonchev–Trinajstić information content (AvgIpc) is 2.92. The fourth-order valence-corrected chi connectivity index (χ4v) is 2.93. The highest BCUT2D eigenvalue weighted by Crippen LogP contribution is 2.52. The van der Waals surface area contributed by atoms with E-state index < -0.39 is 0 Å². The standard InChI is InChI=1S/C11H17Cl/c12-9-11(10-5-6-10)7-3-1-2-4-8-11/h1-2,10H,3-9H2. The van der Waals surface area contributed by atoms with E-state index in [0.29, 0.717) is 5.41 Å². The molecule has 0 aliphatic heterocycles. The lowest BCUT2D eigenvalue weighted by molar-refractivity contribution is 0.241. The van der Waals surface area contributed by atoms with Gasteiger partial charge in [0.15, 0.2) is 0 Å². The van der Waals surface area contributed by atoms with Gasteiger partial charge in [0.2, 0.25) is 0 Å².